The lowest BCUT2D eigenvalue weighted by molar-refractivity contribution is 0.288. The Bertz CT molecular complexity index is 3410. The van der Waals surface area contributed by atoms with E-state index in [-0.39, 0.29) is 18.5 Å². The number of para-hydroxylation sites is 2. The Hall–Kier alpha value is -7.22. The molecule has 2 aliphatic carbocycles. The van der Waals surface area contributed by atoms with Gasteiger partial charge in [-0.25, -0.2) is 9.98 Å². The summed E-state index contributed by atoms with van der Waals surface area (Å²) in [5.41, 5.74) is 13.4. The van der Waals surface area contributed by atoms with Gasteiger partial charge in [-0.1, -0.05) is 146 Å². The highest BCUT2D eigenvalue weighted by molar-refractivity contribution is 6.27. The minimum atomic E-state index is -0.384. The highest BCUT2D eigenvalue weighted by Gasteiger charge is 2.41. The lowest BCUT2D eigenvalue weighted by Gasteiger charge is -2.35. The molecular weight excluding hydrogens is 747 g/mol. The maximum absolute atomic E-state index is 5.62. The molecule has 13 rings (SSSR count). The lowest BCUT2D eigenvalue weighted by Crippen LogP contribution is -2.39. The van der Waals surface area contributed by atoms with Gasteiger partial charge in [-0.2, -0.15) is 0 Å². The molecule has 2 unspecified atom stereocenters. The van der Waals surface area contributed by atoms with Gasteiger partial charge in [-0.3, -0.25) is 9.88 Å². The summed E-state index contributed by atoms with van der Waals surface area (Å²) in [6, 6.07) is 51.0. The molecule has 0 amide bonds. The molecular formula is C54H43N7. The van der Waals surface area contributed by atoms with Gasteiger partial charge < -0.3 is 14.0 Å². The highest BCUT2D eigenvalue weighted by atomic mass is 15.4. The van der Waals surface area contributed by atoms with Crippen LogP contribution in [0.15, 0.2) is 179 Å². The maximum atomic E-state index is 5.62. The largest absolute Gasteiger partial charge is 0.320 e. The standard InChI is InChI=1S/C54H43N7/c1-58-52(36-22-10-4-11-23-36)56-51(35-20-8-3-9-21-35)57-54(58)61-45-29-17-15-27-39(45)41-31-33-43-42-32-30-40-38-26-14-16-28-44(38)60(53-46(55-53)34-18-6-2-7-19-34)49(40)47(42)59(48(43)50(41)61)37-24-12-5-13-25-37/h2-10,12-14,16-22,24-26,28-33,46,53-55H,11,15,23,27H2,1H3/t46-,53?,54?/m1/s1. The Morgan fingerprint density at radius 1 is 0.607 bits per heavy atom. The Balaban J connectivity index is 1.16. The highest BCUT2D eigenvalue weighted by Crippen LogP contribution is 2.49. The van der Waals surface area contributed by atoms with Gasteiger partial charge in [0, 0.05) is 50.9 Å². The molecule has 4 aliphatic rings. The van der Waals surface area contributed by atoms with Crippen molar-refractivity contribution in [2.24, 2.45) is 9.98 Å². The lowest BCUT2D eigenvalue weighted by atomic mass is 10.00. The van der Waals surface area contributed by atoms with Gasteiger partial charge >= 0.3 is 0 Å². The topological polar surface area (TPSA) is 64.7 Å². The molecule has 0 radical (unpaired) electrons. The molecule has 7 heteroatoms. The Kier molecular flexibility index (Phi) is 7.60. The molecule has 7 nitrogen and oxygen atoms in total. The molecule has 294 valence electrons. The summed E-state index contributed by atoms with van der Waals surface area (Å²) in [6.45, 7) is 0. The summed E-state index contributed by atoms with van der Waals surface area (Å²) < 4.78 is 7.70. The van der Waals surface area contributed by atoms with Gasteiger partial charge in [0.1, 0.15) is 12.0 Å². The first kappa shape index (κ1) is 34.6. The molecule has 6 aromatic carbocycles. The third kappa shape index (κ3) is 5.14. The first-order valence-corrected chi connectivity index (χ1v) is 21.6. The van der Waals surface area contributed by atoms with Crippen molar-refractivity contribution in [1.29, 1.82) is 0 Å². The Morgan fingerprint density at radius 3 is 2.02 bits per heavy atom. The average Bonchev–Trinajstić information content (AvgIpc) is 3.79. The number of hydrogen-bond donors (Lipinski definition) is 1. The molecule has 0 bridgehead atoms. The van der Waals surface area contributed by atoms with E-state index in [1.807, 2.05) is 0 Å². The van der Waals surface area contributed by atoms with E-state index < -0.39 is 0 Å². The molecule has 1 fully saturated rings. The van der Waals surface area contributed by atoms with E-state index in [1.165, 1.54) is 76.9 Å². The molecule has 61 heavy (non-hydrogen) atoms. The number of nitrogens with zero attached hydrogens (tertiary/aromatic N) is 6. The van der Waals surface area contributed by atoms with Crippen molar-refractivity contribution in [2.45, 2.75) is 44.2 Å². The van der Waals surface area contributed by atoms with Crippen molar-refractivity contribution in [3.05, 3.63) is 192 Å². The van der Waals surface area contributed by atoms with Crippen LogP contribution in [0.3, 0.4) is 0 Å². The number of benzene rings is 6. The normalized spacial score (nSPS) is 19.9. The van der Waals surface area contributed by atoms with Crippen molar-refractivity contribution in [1.82, 2.24) is 23.9 Å². The molecule has 5 heterocycles. The first-order chi connectivity index (χ1) is 30.2. The number of aryl methyl sites for hydroxylation is 1. The Morgan fingerprint density at radius 2 is 1.26 bits per heavy atom. The number of amidine groups is 2. The minimum Gasteiger partial charge on any atom is -0.320 e. The summed E-state index contributed by atoms with van der Waals surface area (Å²) in [7, 11) is 2.18. The minimum absolute atomic E-state index is 0.113. The summed E-state index contributed by atoms with van der Waals surface area (Å²) in [5.74, 6) is 1.74. The van der Waals surface area contributed by atoms with Crippen LogP contribution in [0.4, 0.5) is 0 Å². The number of allylic oxidation sites excluding steroid dienone is 4. The fourth-order valence-corrected chi connectivity index (χ4v) is 10.6. The second-order valence-corrected chi connectivity index (χ2v) is 16.8. The SMILES string of the molecule is CN1C(C2=CC=CCC2)=NC(c2ccccc2)=NC1n1c2c(c3ccc4c5ccc6c7ccccc7n(C7N[C@@H]7c7ccccc7)c6c5n(-c5ccccc5)c4c31)CCC=C2. The molecule has 1 N–H and O–H groups in total. The Labute approximate surface area is 353 Å². The van der Waals surface area contributed by atoms with Crippen LogP contribution in [0.5, 0.6) is 0 Å². The molecule has 3 aromatic heterocycles. The van der Waals surface area contributed by atoms with Crippen molar-refractivity contribution < 1.29 is 0 Å². The van der Waals surface area contributed by atoms with Crippen LogP contribution >= 0.6 is 0 Å². The predicted octanol–water partition coefficient (Wildman–Crippen LogP) is 12.2. The van der Waals surface area contributed by atoms with E-state index in [2.05, 4.69) is 201 Å². The van der Waals surface area contributed by atoms with Crippen LogP contribution < -0.4 is 5.32 Å². The smallest absolute Gasteiger partial charge is 0.206 e. The number of aliphatic imine (C=N–C) groups is 2. The quantitative estimate of drug-likeness (QED) is 0.171. The predicted molar refractivity (Wildman–Crippen MR) is 252 cm³/mol. The third-order valence-corrected chi connectivity index (χ3v) is 13.4. The monoisotopic (exact) mass is 789 g/mol. The van der Waals surface area contributed by atoms with Gasteiger partial charge in [-0.05, 0) is 66.7 Å². The van der Waals surface area contributed by atoms with E-state index >= 15 is 0 Å². The van der Waals surface area contributed by atoms with Crippen LogP contribution in [-0.4, -0.2) is 37.3 Å². The number of hydrogen-bond acceptors (Lipinski definition) is 4. The zero-order chi connectivity index (χ0) is 40.2. The van der Waals surface area contributed by atoms with E-state index in [0.29, 0.717) is 0 Å². The van der Waals surface area contributed by atoms with Crippen molar-refractivity contribution in [3.8, 4) is 5.69 Å². The van der Waals surface area contributed by atoms with Crippen LogP contribution in [0.1, 0.15) is 60.1 Å². The van der Waals surface area contributed by atoms with E-state index in [1.54, 1.807) is 0 Å². The molecule has 1 saturated heterocycles. The maximum Gasteiger partial charge on any atom is 0.206 e. The van der Waals surface area contributed by atoms with Crippen LogP contribution in [0.2, 0.25) is 0 Å². The van der Waals surface area contributed by atoms with Gasteiger partial charge in [0.25, 0.3) is 0 Å². The number of nitrogens with one attached hydrogen (secondary N) is 1. The molecule has 0 saturated carbocycles. The molecule has 0 spiro atoms. The van der Waals surface area contributed by atoms with Crippen LogP contribution in [0, 0.1) is 0 Å². The van der Waals surface area contributed by atoms with Crippen LogP contribution in [-0.2, 0) is 6.42 Å². The van der Waals surface area contributed by atoms with Crippen molar-refractivity contribution in [2.75, 3.05) is 7.05 Å². The molecule has 2 aliphatic heterocycles. The number of rotatable bonds is 6. The zero-order valence-electron chi connectivity index (χ0n) is 33.9. The second kappa shape index (κ2) is 13.4. The fraction of sp³-hybridized carbons (Fsp3) is 0.148. The zero-order valence-corrected chi connectivity index (χ0v) is 33.9. The van der Waals surface area contributed by atoms with E-state index in [4.69, 9.17) is 9.98 Å². The number of likely N-dealkylation sites (N-methyl/N-ethyl adjacent to an activating group) is 1. The van der Waals surface area contributed by atoms with Crippen molar-refractivity contribution >= 4 is 72.3 Å². The van der Waals surface area contributed by atoms with Gasteiger partial charge in [0.2, 0.25) is 6.29 Å². The van der Waals surface area contributed by atoms with E-state index in [9.17, 15) is 0 Å². The van der Waals surface area contributed by atoms with E-state index in [0.717, 1.165) is 48.6 Å². The van der Waals surface area contributed by atoms with Gasteiger partial charge in [0.05, 0.1) is 33.6 Å². The second-order valence-electron chi connectivity index (χ2n) is 16.8. The van der Waals surface area contributed by atoms with Crippen LogP contribution in [0.25, 0.3) is 66.3 Å². The molecule has 9 aromatic rings. The molecule has 3 atom stereocenters. The third-order valence-electron chi connectivity index (χ3n) is 13.4. The van der Waals surface area contributed by atoms with Crippen molar-refractivity contribution in [3.63, 3.8) is 0 Å². The summed E-state index contributed by atoms with van der Waals surface area (Å²) in [4.78, 5) is 13.3. The summed E-state index contributed by atoms with van der Waals surface area (Å²) in [5, 5.41) is 10.2. The van der Waals surface area contributed by atoms with Gasteiger partial charge in [-0.15, -0.1) is 0 Å². The number of fused-ring (bicyclic) bond motifs is 11. The first-order valence-electron chi connectivity index (χ1n) is 21.6. The summed E-state index contributed by atoms with van der Waals surface area (Å²) >= 11 is 0. The summed E-state index contributed by atoms with van der Waals surface area (Å²) in [6.07, 6.45) is 15.0. The van der Waals surface area contributed by atoms with Gasteiger partial charge in [0.15, 0.2) is 5.84 Å². The fourth-order valence-electron chi connectivity index (χ4n) is 10.6. The number of aromatic nitrogens is 3. The average molecular weight is 790 g/mol.